The number of ether oxygens (including phenoxy) is 1. The first-order valence-corrected chi connectivity index (χ1v) is 5.80. The first-order chi connectivity index (χ1) is 8.20. The van der Waals surface area contributed by atoms with Crippen molar-refractivity contribution in [3.8, 4) is 5.75 Å². The van der Waals surface area contributed by atoms with E-state index in [1.807, 2.05) is 36.2 Å². The first kappa shape index (κ1) is 11.9. The summed E-state index contributed by atoms with van der Waals surface area (Å²) >= 11 is 0. The van der Waals surface area contributed by atoms with Crippen LogP contribution in [-0.4, -0.2) is 44.1 Å². The van der Waals surface area contributed by atoms with Gasteiger partial charge in [-0.25, -0.2) is 0 Å². The van der Waals surface area contributed by atoms with Gasteiger partial charge in [0.15, 0.2) is 0 Å². The monoisotopic (exact) mass is 234 g/mol. The molecule has 4 heteroatoms. The Bertz CT molecular complexity index is 402. The number of likely N-dealkylation sites (N-methyl/N-ethyl adjacent to an activating group) is 1. The lowest BCUT2D eigenvalue weighted by molar-refractivity contribution is -0.132. The van der Waals surface area contributed by atoms with Crippen LogP contribution in [0.25, 0.3) is 0 Å². The molecule has 4 nitrogen and oxygen atoms in total. The minimum atomic E-state index is 0.157. The Balaban J connectivity index is 1.96. The number of benzene rings is 1. The molecule has 0 aliphatic carbocycles. The third-order valence-corrected chi connectivity index (χ3v) is 3.19. The van der Waals surface area contributed by atoms with Crippen LogP contribution in [0.1, 0.15) is 5.56 Å². The average molecular weight is 234 g/mol. The molecule has 1 N–H and O–H groups in total. The van der Waals surface area contributed by atoms with Crippen LogP contribution in [0.3, 0.4) is 0 Å². The maximum atomic E-state index is 12.0. The van der Waals surface area contributed by atoms with Gasteiger partial charge in [-0.05, 0) is 17.7 Å². The second kappa shape index (κ2) is 5.19. The summed E-state index contributed by atoms with van der Waals surface area (Å²) in [5.74, 6) is 0.952. The summed E-state index contributed by atoms with van der Waals surface area (Å²) in [6, 6.07) is 8.01. The number of rotatable bonds is 4. The second-order valence-electron chi connectivity index (χ2n) is 4.35. The number of amides is 1. The van der Waals surface area contributed by atoms with E-state index in [9.17, 15) is 4.79 Å². The molecule has 17 heavy (non-hydrogen) atoms. The van der Waals surface area contributed by atoms with Crippen molar-refractivity contribution in [2.75, 3.05) is 27.2 Å². The van der Waals surface area contributed by atoms with Crippen LogP contribution in [0, 0.1) is 0 Å². The normalized spacial score (nSPS) is 15.2. The van der Waals surface area contributed by atoms with Crippen molar-refractivity contribution < 1.29 is 9.53 Å². The number of carbonyl (C=O) groups is 1. The minimum absolute atomic E-state index is 0.157. The molecule has 1 aliphatic rings. The average Bonchev–Trinajstić information content (AvgIpc) is 2.27. The van der Waals surface area contributed by atoms with E-state index in [1.54, 1.807) is 7.11 Å². The zero-order valence-electron chi connectivity index (χ0n) is 10.3. The Morgan fingerprint density at radius 3 is 2.88 bits per heavy atom. The molecular formula is C13H18N2O2. The summed E-state index contributed by atoms with van der Waals surface area (Å²) < 4.78 is 5.14. The molecule has 1 amide bonds. The zero-order valence-corrected chi connectivity index (χ0v) is 10.3. The lowest BCUT2D eigenvalue weighted by Gasteiger charge is -2.35. The van der Waals surface area contributed by atoms with Crippen LogP contribution in [0.5, 0.6) is 5.75 Å². The Morgan fingerprint density at radius 1 is 1.53 bits per heavy atom. The predicted molar refractivity (Wildman–Crippen MR) is 66.1 cm³/mol. The van der Waals surface area contributed by atoms with Gasteiger partial charge in [-0.2, -0.15) is 0 Å². The lowest BCUT2D eigenvalue weighted by Crippen LogP contribution is -2.57. The van der Waals surface area contributed by atoms with E-state index in [2.05, 4.69) is 5.32 Å². The quantitative estimate of drug-likeness (QED) is 0.832. The van der Waals surface area contributed by atoms with Gasteiger partial charge in [0.1, 0.15) is 5.75 Å². The van der Waals surface area contributed by atoms with Gasteiger partial charge >= 0.3 is 0 Å². The molecule has 1 saturated heterocycles. The molecule has 0 saturated carbocycles. The van der Waals surface area contributed by atoms with Crippen molar-refractivity contribution in [1.82, 2.24) is 10.2 Å². The summed E-state index contributed by atoms with van der Waals surface area (Å²) in [5, 5.41) is 3.17. The third kappa shape index (κ3) is 2.77. The highest BCUT2D eigenvalue weighted by atomic mass is 16.5. The lowest BCUT2D eigenvalue weighted by atomic mass is 10.1. The molecular weight excluding hydrogens is 216 g/mol. The minimum Gasteiger partial charge on any atom is -0.497 e. The summed E-state index contributed by atoms with van der Waals surface area (Å²) in [6.07, 6.45) is 0.435. The molecule has 1 heterocycles. The van der Waals surface area contributed by atoms with Crippen LogP contribution < -0.4 is 10.1 Å². The predicted octanol–water partition coefficient (Wildman–Crippen LogP) is 0.668. The van der Waals surface area contributed by atoms with E-state index in [0.717, 1.165) is 24.4 Å². The third-order valence-electron chi connectivity index (χ3n) is 3.19. The molecule has 1 fully saturated rings. The summed E-state index contributed by atoms with van der Waals surface area (Å²) in [4.78, 5) is 13.8. The van der Waals surface area contributed by atoms with Crippen LogP contribution in [0.2, 0.25) is 0 Å². The van der Waals surface area contributed by atoms with Crippen molar-refractivity contribution in [3.63, 3.8) is 0 Å². The fourth-order valence-corrected chi connectivity index (χ4v) is 1.83. The van der Waals surface area contributed by atoms with Crippen molar-refractivity contribution in [2.45, 2.75) is 12.5 Å². The molecule has 1 aromatic rings. The molecule has 2 rings (SSSR count). The van der Waals surface area contributed by atoms with E-state index < -0.39 is 0 Å². The van der Waals surface area contributed by atoms with Crippen LogP contribution in [0.4, 0.5) is 0 Å². The highest BCUT2D eigenvalue weighted by Gasteiger charge is 2.25. The number of hydrogen-bond donors (Lipinski definition) is 1. The van der Waals surface area contributed by atoms with Crippen molar-refractivity contribution in [3.05, 3.63) is 29.8 Å². The Morgan fingerprint density at radius 2 is 2.29 bits per heavy atom. The molecule has 0 bridgehead atoms. The highest BCUT2D eigenvalue weighted by molar-refractivity contribution is 5.79. The van der Waals surface area contributed by atoms with Gasteiger partial charge < -0.3 is 15.0 Å². The smallest absolute Gasteiger partial charge is 0.227 e. The summed E-state index contributed by atoms with van der Waals surface area (Å²) in [6.45, 7) is 1.81. The number of carbonyl (C=O) groups excluding carboxylic acids is 1. The SMILES string of the molecule is COc1cccc(CC(=O)N(C)C2CNC2)c1. The van der Waals surface area contributed by atoms with Gasteiger partial charge in [0.2, 0.25) is 5.91 Å². The molecule has 92 valence electrons. The van der Waals surface area contributed by atoms with E-state index in [0.29, 0.717) is 12.5 Å². The Kier molecular flexibility index (Phi) is 3.64. The number of nitrogens with one attached hydrogen (secondary N) is 1. The summed E-state index contributed by atoms with van der Waals surface area (Å²) in [5.41, 5.74) is 0.994. The van der Waals surface area contributed by atoms with Gasteiger partial charge in [0.25, 0.3) is 0 Å². The van der Waals surface area contributed by atoms with E-state index in [-0.39, 0.29) is 5.91 Å². The Labute approximate surface area is 102 Å². The fourth-order valence-electron chi connectivity index (χ4n) is 1.83. The standard InChI is InChI=1S/C13H18N2O2/c1-15(11-8-14-9-11)13(16)7-10-4-3-5-12(6-10)17-2/h3-6,11,14H,7-9H2,1-2H3. The van der Waals surface area contributed by atoms with E-state index >= 15 is 0 Å². The molecule has 0 aromatic heterocycles. The fraction of sp³-hybridized carbons (Fsp3) is 0.462. The molecule has 0 atom stereocenters. The van der Waals surface area contributed by atoms with Gasteiger partial charge in [-0.3, -0.25) is 4.79 Å². The van der Waals surface area contributed by atoms with Crippen LogP contribution >= 0.6 is 0 Å². The summed E-state index contributed by atoms with van der Waals surface area (Å²) in [7, 11) is 3.50. The largest absolute Gasteiger partial charge is 0.497 e. The Hall–Kier alpha value is -1.55. The van der Waals surface area contributed by atoms with Crippen LogP contribution in [0.15, 0.2) is 24.3 Å². The van der Waals surface area contributed by atoms with Gasteiger partial charge in [0.05, 0.1) is 19.6 Å². The second-order valence-corrected chi connectivity index (χ2v) is 4.35. The van der Waals surface area contributed by atoms with Gasteiger partial charge in [0, 0.05) is 20.1 Å². The molecule has 0 spiro atoms. The number of hydrogen-bond acceptors (Lipinski definition) is 3. The van der Waals surface area contributed by atoms with Gasteiger partial charge in [-0.1, -0.05) is 12.1 Å². The maximum absolute atomic E-state index is 12.0. The van der Waals surface area contributed by atoms with Crippen molar-refractivity contribution in [1.29, 1.82) is 0 Å². The van der Waals surface area contributed by atoms with Crippen molar-refractivity contribution >= 4 is 5.91 Å². The molecule has 1 aromatic carbocycles. The molecule has 0 radical (unpaired) electrons. The van der Waals surface area contributed by atoms with E-state index in [1.165, 1.54) is 0 Å². The van der Waals surface area contributed by atoms with Gasteiger partial charge in [-0.15, -0.1) is 0 Å². The van der Waals surface area contributed by atoms with Crippen LogP contribution in [-0.2, 0) is 11.2 Å². The van der Waals surface area contributed by atoms with Crippen molar-refractivity contribution in [2.24, 2.45) is 0 Å². The molecule has 1 aliphatic heterocycles. The van der Waals surface area contributed by atoms with E-state index in [4.69, 9.17) is 4.74 Å². The maximum Gasteiger partial charge on any atom is 0.227 e. The highest BCUT2D eigenvalue weighted by Crippen LogP contribution is 2.14. The topological polar surface area (TPSA) is 41.6 Å². The first-order valence-electron chi connectivity index (χ1n) is 5.80. The number of nitrogens with zero attached hydrogens (tertiary/aromatic N) is 1. The zero-order chi connectivity index (χ0) is 12.3. The number of methoxy groups -OCH3 is 1. The molecule has 0 unspecified atom stereocenters.